The van der Waals surface area contributed by atoms with E-state index in [4.69, 9.17) is 16.3 Å². The number of aliphatic carboxylic acids is 1. The van der Waals surface area contributed by atoms with Crippen molar-refractivity contribution in [3.63, 3.8) is 0 Å². The number of fused-ring (bicyclic) bond motifs is 1. The summed E-state index contributed by atoms with van der Waals surface area (Å²) in [6.07, 6.45) is -0.635. The van der Waals surface area contributed by atoms with Gasteiger partial charge < -0.3 is 20.1 Å². The molecule has 0 radical (unpaired) electrons. The van der Waals surface area contributed by atoms with Gasteiger partial charge in [-0.1, -0.05) is 23.7 Å². The summed E-state index contributed by atoms with van der Waals surface area (Å²) in [7, 11) is 0. The monoisotopic (exact) mass is 487 g/mol. The van der Waals surface area contributed by atoms with Gasteiger partial charge in [0.05, 0.1) is 25.2 Å². The number of aromatic amines is 1. The number of carboxylic acid groups (broad SMARTS) is 1. The summed E-state index contributed by atoms with van der Waals surface area (Å²) in [4.78, 5) is 42.5. The van der Waals surface area contributed by atoms with Crippen molar-refractivity contribution in [2.45, 2.75) is 19.5 Å². The Hall–Kier alpha value is -3.27. The zero-order valence-corrected chi connectivity index (χ0v) is 19.0. The first-order chi connectivity index (χ1) is 16.3. The van der Waals surface area contributed by atoms with Crippen LogP contribution in [0, 0.1) is 5.82 Å². The first kappa shape index (κ1) is 23.9. The fourth-order valence-electron chi connectivity index (χ4n) is 3.96. The normalized spacial score (nSPS) is 14.3. The van der Waals surface area contributed by atoms with Crippen LogP contribution in [0.15, 0.2) is 41.2 Å². The molecule has 1 aliphatic rings. The van der Waals surface area contributed by atoms with Crippen molar-refractivity contribution in [1.82, 2.24) is 15.2 Å². The Morgan fingerprint density at radius 2 is 1.85 bits per heavy atom. The Morgan fingerprint density at radius 1 is 1.15 bits per heavy atom. The number of nitrogens with one attached hydrogen (secondary N) is 2. The maximum atomic E-state index is 15.0. The van der Waals surface area contributed by atoms with Crippen LogP contribution < -0.4 is 10.7 Å². The second-order valence-corrected chi connectivity index (χ2v) is 8.51. The zero-order chi connectivity index (χ0) is 24.2. The molecule has 0 spiro atoms. The molecule has 3 aromatic rings. The lowest BCUT2D eigenvalue weighted by Gasteiger charge is -2.26. The number of amides is 1. The predicted octanol–water partition coefficient (Wildman–Crippen LogP) is 2.71. The summed E-state index contributed by atoms with van der Waals surface area (Å²) in [5, 5.41) is 12.5. The average Bonchev–Trinajstić information content (AvgIpc) is 2.80. The van der Waals surface area contributed by atoms with E-state index in [0.29, 0.717) is 43.4 Å². The molecular weight excluding hydrogens is 465 g/mol. The number of rotatable bonds is 7. The van der Waals surface area contributed by atoms with Crippen LogP contribution in [0.2, 0.25) is 5.02 Å². The van der Waals surface area contributed by atoms with Gasteiger partial charge in [0.2, 0.25) is 5.43 Å². The van der Waals surface area contributed by atoms with Gasteiger partial charge >= 0.3 is 5.97 Å². The number of aromatic nitrogens is 1. The van der Waals surface area contributed by atoms with Crippen molar-refractivity contribution in [1.29, 1.82) is 0 Å². The minimum Gasteiger partial charge on any atom is -0.481 e. The number of pyridine rings is 1. The zero-order valence-electron chi connectivity index (χ0n) is 18.2. The van der Waals surface area contributed by atoms with Gasteiger partial charge in [-0.05, 0) is 35.4 Å². The van der Waals surface area contributed by atoms with Crippen LogP contribution in [0.4, 0.5) is 4.39 Å². The first-order valence-corrected chi connectivity index (χ1v) is 11.1. The molecule has 0 unspecified atom stereocenters. The standard InChI is InChI=1S/C24H23ClFN3O5/c25-16-3-1-14(2-4-16)12-27-24(33)21-19(11-20(30)31)28-22-17(23(21)32)9-15(10-18(22)26)13-29-5-7-34-8-6-29/h1-4,9-10H,5-8,11-13H2,(H,27,33)(H,28,32)(H,30,31). The summed E-state index contributed by atoms with van der Waals surface area (Å²) < 4.78 is 20.3. The molecule has 8 nitrogen and oxygen atoms in total. The van der Waals surface area contributed by atoms with Gasteiger partial charge in [0, 0.05) is 42.3 Å². The third-order valence-corrected chi connectivity index (χ3v) is 5.88. The van der Waals surface area contributed by atoms with E-state index < -0.39 is 29.5 Å². The topological polar surface area (TPSA) is 112 Å². The number of morpholine rings is 1. The van der Waals surface area contributed by atoms with E-state index in [0.717, 1.165) is 5.56 Å². The largest absolute Gasteiger partial charge is 0.481 e. The lowest BCUT2D eigenvalue weighted by molar-refractivity contribution is -0.136. The highest BCUT2D eigenvalue weighted by Gasteiger charge is 2.23. The number of nitrogens with zero attached hydrogens (tertiary/aromatic N) is 1. The van der Waals surface area contributed by atoms with Gasteiger partial charge in [0.25, 0.3) is 5.91 Å². The smallest absolute Gasteiger partial charge is 0.309 e. The fourth-order valence-corrected chi connectivity index (χ4v) is 4.09. The highest BCUT2D eigenvalue weighted by atomic mass is 35.5. The Bertz CT molecular complexity index is 1290. The van der Waals surface area contributed by atoms with Crippen molar-refractivity contribution in [2.75, 3.05) is 26.3 Å². The van der Waals surface area contributed by atoms with Crippen molar-refractivity contribution in [3.05, 3.63) is 79.8 Å². The van der Waals surface area contributed by atoms with Crippen LogP contribution in [-0.2, 0) is 29.0 Å². The van der Waals surface area contributed by atoms with E-state index in [1.807, 2.05) is 0 Å². The average molecular weight is 488 g/mol. The SMILES string of the molecule is O=C(O)Cc1[nH]c2c(F)cc(CN3CCOCC3)cc2c(=O)c1C(=O)NCc1ccc(Cl)cc1. The number of hydrogen-bond donors (Lipinski definition) is 3. The quantitative estimate of drug-likeness (QED) is 0.472. The molecule has 0 atom stereocenters. The third kappa shape index (κ3) is 5.44. The Balaban J connectivity index is 1.70. The van der Waals surface area contributed by atoms with Crippen molar-refractivity contribution < 1.29 is 23.8 Å². The number of carbonyl (C=O) groups is 2. The number of carbonyl (C=O) groups excluding carboxylic acids is 1. The van der Waals surface area contributed by atoms with Crippen molar-refractivity contribution >= 4 is 34.4 Å². The van der Waals surface area contributed by atoms with E-state index in [1.54, 1.807) is 30.3 Å². The number of ether oxygens (including phenoxy) is 1. The molecule has 1 fully saturated rings. The number of benzene rings is 2. The van der Waals surface area contributed by atoms with Crippen molar-refractivity contribution in [2.24, 2.45) is 0 Å². The van der Waals surface area contributed by atoms with Gasteiger partial charge in [-0.3, -0.25) is 19.3 Å². The Morgan fingerprint density at radius 3 is 2.53 bits per heavy atom. The molecule has 1 aliphatic heterocycles. The lowest BCUT2D eigenvalue weighted by Crippen LogP contribution is -2.35. The van der Waals surface area contributed by atoms with Gasteiger partial charge in [-0.25, -0.2) is 4.39 Å². The molecule has 10 heteroatoms. The third-order valence-electron chi connectivity index (χ3n) is 5.63. The molecule has 0 aliphatic carbocycles. The maximum Gasteiger partial charge on any atom is 0.309 e. The van der Waals surface area contributed by atoms with E-state index in [2.05, 4.69) is 15.2 Å². The number of hydrogen-bond acceptors (Lipinski definition) is 5. The number of H-pyrrole nitrogens is 1. The lowest BCUT2D eigenvalue weighted by atomic mass is 10.0. The van der Waals surface area contributed by atoms with E-state index >= 15 is 0 Å². The van der Waals surface area contributed by atoms with Crippen LogP contribution >= 0.6 is 11.6 Å². The Kier molecular flexibility index (Phi) is 7.26. The summed E-state index contributed by atoms with van der Waals surface area (Å²) >= 11 is 5.87. The minimum absolute atomic E-state index is 0.00552. The molecule has 34 heavy (non-hydrogen) atoms. The summed E-state index contributed by atoms with van der Waals surface area (Å²) in [6, 6.07) is 9.64. The molecule has 0 bridgehead atoms. The molecular formula is C24H23ClFN3O5. The molecule has 1 saturated heterocycles. The van der Waals surface area contributed by atoms with Gasteiger partial charge in [0.1, 0.15) is 11.4 Å². The Labute approximate surface area is 199 Å². The van der Waals surface area contributed by atoms with Gasteiger partial charge in [-0.15, -0.1) is 0 Å². The van der Waals surface area contributed by atoms with Crippen LogP contribution in [0.25, 0.3) is 10.9 Å². The summed E-state index contributed by atoms with van der Waals surface area (Å²) in [5.74, 6) is -2.68. The van der Waals surface area contributed by atoms with Gasteiger partial charge in [-0.2, -0.15) is 0 Å². The summed E-state index contributed by atoms with van der Waals surface area (Å²) in [5.41, 5.74) is -0.0164. The van der Waals surface area contributed by atoms with E-state index in [-0.39, 0.29) is 28.7 Å². The van der Waals surface area contributed by atoms with Crippen LogP contribution in [-0.4, -0.2) is 53.2 Å². The predicted molar refractivity (Wildman–Crippen MR) is 125 cm³/mol. The van der Waals surface area contributed by atoms with E-state index in [9.17, 15) is 23.9 Å². The molecule has 0 saturated carbocycles. The number of halogens is 2. The maximum absolute atomic E-state index is 15.0. The molecule has 1 aromatic heterocycles. The molecule has 3 N–H and O–H groups in total. The highest BCUT2D eigenvalue weighted by Crippen LogP contribution is 2.20. The van der Waals surface area contributed by atoms with E-state index in [1.165, 1.54) is 6.07 Å². The molecule has 4 rings (SSSR count). The fraction of sp³-hybridized carbons (Fsp3) is 0.292. The van der Waals surface area contributed by atoms with Crippen LogP contribution in [0.3, 0.4) is 0 Å². The molecule has 1 amide bonds. The minimum atomic E-state index is -1.26. The van der Waals surface area contributed by atoms with Crippen molar-refractivity contribution in [3.8, 4) is 0 Å². The van der Waals surface area contributed by atoms with Crippen LogP contribution in [0.1, 0.15) is 27.2 Å². The van der Waals surface area contributed by atoms with Gasteiger partial charge in [0.15, 0.2) is 0 Å². The molecule has 178 valence electrons. The molecule has 2 heterocycles. The number of carboxylic acids is 1. The second kappa shape index (κ2) is 10.3. The molecule has 2 aromatic carbocycles. The van der Waals surface area contributed by atoms with Crippen LogP contribution in [0.5, 0.6) is 0 Å². The first-order valence-electron chi connectivity index (χ1n) is 10.7. The summed E-state index contributed by atoms with van der Waals surface area (Å²) in [6.45, 7) is 3.05. The highest BCUT2D eigenvalue weighted by molar-refractivity contribution is 6.30. The second-order valence-electron chi connectivity index (χ2n) is 8.08.